The molecule has 3 saturated heterocycles. The molecular weight excluding hydrogens is 488 g/mol. The van der Waals surface area contributed by atoms with Crippen molar-refractivity contribution >= 4 is 0 Å². The second-order valence-corrected chi connectivity index (χ2v) is 10.9. The van der Waals surface area contributed by atoms with Gasteiger partial charge in [0.25, 0.3) is 23.8 Å². The third-order valence-electron chi connectivity index (χ3n) is 5.80. The fourth-order valence-corrected chi connectivity index (χ4v) is 3.24. The van der Waals surface area contributed by atoms with E-state index in [1.807, 2.05) is 6.92 Å². The molecule has 4 rings (SSSR count). The van der Waals surface area contributed by atoms with Crippen LogP contribution in [0.1, 0.15) is 68.7 Å². The van der Waals surface area contributed by atoms with E-state index in [9.17, 15) is 0 Å². The van der Waals surface area contributed by atoms with E-state index < -0.39 is 0 Å². The molecule has 4 aliphatic rings. The second kappa shape index (κ2) is 16.1. The van der Waals surface area contributed by atoms with Crippen LogP contribution < -0.4 is 0 Å². The van der Waals surface area contributed by atoms with Crippen molar-refractivity contribution in [2.45, 2.75) is 87.0 Å². The molecule has 0 aromatic heterocycles. The van der Waals surface area contributed by atoms with E-state index in [1.165, 1.54) is 0 Å². The molecule has 0 amide bonds. The lowest BCUT2D eigenvalue weighted by Gasteiger charge is -2.09. The van der Waals surface area contributed by atoms with Crippen LogP contribution in [0.5, 0.6) is 0 Å². The molecule has 8 heteroatoms. The summed E-state index contributed by atoms with van der Waals surface area (Å²) in [5.74, 6) is 5.72. The molecule has 3 atom stereocenters. The molecule has 0 radical (unpaired) electrons. The predicted molar refractivity (Wildman–Crippen MR) is 148 cm³/mol. The summed E-state index contributed by atoms with van der Waals surface area (Å²) in [4.78, 5) is 0. The lowest BCUT2D eigenvalue weighted by molar-refractivity contribution is 0.116. The maximum atomic E-state index is 5.25. The van der Waals surface area contributed by atoms with Gasteiger partial charge in [0.05, 0.1) is 0 Å². The van der Waals surface area contributed by atoms with Gasteiger partial charge in [-0.25, -0.2) is 0 Å². The van der Waals surface area contributed by atoms with E-state index >= 15 is 0 Å². The fourth-order valence-electron chi connectivity index (χ4n) is 3.24. The van der Waals surface area contributed by atoms with Crippen molar-refractivity contribution in [3.8, 4) is 0 Å². The van der Waals surface area contributed by atoms with Crippen LogP contribution in [0.15, 0.2) is 61.6 Å². The molecule has 3 fully saturated rings. The molecule has 0 aliphatic carbocycles. The van der Waals surface area contributed by atoms with Crippen LogP contribution in [-0.2, 0) is 37.9 Å². The highest BCUT2D eigenvalue weighted by Crippen LogP contribution is 2.27. The van der Waals surface area contributed by atoms with Crippen molar-refractivity contribution in [3.63, 3.8) is 0 Å². The van der Waals surface area contributed by atoms with Gasteiger partial charge in [-0.05, 0) is 56.9 Å². The Bertz CT molecular complexity index is 753. The Labute approximate surface area is 230 Å². The third-order valence-corrected chi connectivity index (χ3v) is 5.80. The minimum absolute atomic E-state index is 0.220. The minimum Gasteiger partial charge on any atom is -0.462 e. The Morgan fingerprint density at radius 3 is 1.08 bits per heavy atom. The zero-order chi connectivity index (χ0) is 29.0. The summed E-state index contributed by atoms with van der Waals surface area (Å²) in [5, 5.41) is 0. The molecule has 0 N–H and O–H groups in total. The Hall–Kier alpha value is -2.90. The van der Waals surface area contributed by atoms with Gasteiger partial charge in [-0.3, -0.25) is 0 Å². The van der Waals surface area contributed by atoms with Gasteiger partial charge in [-0.1, -0.05) is 55.4 Å². The first kappa shape index (κ1) is 33.1. The van der Waals surface area contributed by atoms with Gasteiger partial charge in [-0.15, -0.1) is 0 Å². The van der Waals surface area contributed by atoms with Crippen molar-refractivity contribution in [3.05, 3.63) is 61.6 Å². The summed E-state index contributed by atoms with van der Waals surface area (Å²) in [7, 11) is 0. The summed E-state index contributed by atoms with van der Waals surface area (Å²) < 4.78 is 41.0. The molecule has 2 unspecified atom stereocenters. The van der Waals surface area contributed by atoms with Gasteiger partial charge in [0.1, 0.15) is 49.7 Å². The lowest BCUT2D eigenvalue weighted by Crippen LogP contribution is -2.16. The quantitative estimate of drug-likeness (QED) is 0.359. The molecule has 0 aromatic carbocycles. The SMILES string of the molecule is C=C1OC(C)=C(CC(C)C)O1.C=C1OCC(C(C)C)O1.C=C1OCC(C(C)C)O1.C=C1OC[C@H](C(C)C)O1. The third kappa shape index (κ3) is 12.6. The summed E-state index contributed by atoms with van der Waals surface area (Å²) in [6.45, 7) is 35.0. The summed E-state index contributed by atoms with van der Waals surface area (Å²) in [6.07, 6.45) is 1.58. The van der Waals surface area contributed by atoms with Crippen molar-refractivity contribution in [1.29, 1.82) is 0 Å². The molecule has 0 spiro atoms. The summed E-state index contributed by atoms with van der Waals surface area (Å²) >= 11 is 0. The molecule has 218 valence electrons. The molecule has 4 heterocycles. The summed E-state index contributed by atoms with van der Waals surface area (Å²) in [6, 6.07) is 0. The molecular formula is C30H50O8. The van der Waals surface area contributed by atoms with Gasteiger partial charge in [0, 0.05) is 6.42 Å². The highest BCUT2D eigenvalue weighted by molar-refractivity contribution is 5.08. The van der Waals surface area contributed by atoms with Gasteiger partial charge < -0.3 is 37.9 Å². The standard InChI is InChI=1S/C9H14O2.3C7H12O2/c1-6(2)5-9-7(3)10-8(4)11-9;3*1-5(2)7-4-8-6(3)9-7/h6H,4-5H2,1-3H3;3*5,7H,3-4H2,1-2H3/t;7-;;/m.1../s1. The van der Waals surface area contributed by atoms with E-state index in [1.54, 1.807) is 0 Å². The van der Waals surface area contributed by atoms with Crippen LogP contribution in [0.2, 0.25) is 0 Å². The number of hydrogen-bond acceptors (Lipinski definition) is 8. The first-order valence-electron chi connectivity index (χ1n) is 13.4. The Kier molecular flexibility index (Phi) is 14.1. The lowest BCUT2D eigenvalue weighted by atomic mass is 10.1. The number of hydrogen-bond donors (Lipinski definition) is 0. The Balaban J connectivity index is 0.000000254. The fraction of sp³-hybridized carbons (Fsp3) is 0.667. The van der Waals surface area contributed by atoms with Gasteiger partial charge >= 0.3 is 0 Å². The molecule has 38 heavy (non-hydrogen) atoms. The van der Waals surface area contributed by atoms with Crippen LogP contribution in [0.3, 0.4) is 0 Å². The minimum atomic E-state index is 0.220. The highest BCUT2D eigenvalue weighted by Gasteiger charge is 2.24. The van der Waals surface area contributed by atoms with Crippen molar-refractivity contribution in [2.24, 2.45) is 23.7 Å². The van der Waals surface area contributed by atoms with Crippen LogP contribution in [-0.4, -0.2) is 38.1 Å². The maximum absolute atomic E-state index is 5.25. The maximum Gasteiger partial charge on any atom is 0.282 e. The molecule has 4 aliphatic heterocycles. The molecule has 0 saturated carbocycles. The van der Waals surface area contributed by atoms with Crippen molar-refractivity contribution in [1.82, 2.24) is 0 Å². The zero-order valence-electron chi connectivity index (χ0n) is 25.0. The average Bonchev–Trinajstić information content (AvgIpc) is 3.59. The predicted octanol–water partition coefficient (Wildman–Crippen LogP) is 7.37. The van der Waals surface area contributed by atoms with E-state index in [0.29, 0.717) is 67.3 Å². The Morgan fingerprint density at radius 1 is 0.579 bits per heavy atom. The highest BCUT2D eigenvalue weighted by atomic mass is 16.7. The largest absolute Gasteiger partial charge is 0.462 e. The van der Waals surface area contributed by atoms with E-state index in [-0.39, 0.29) is 18.3 Å². The van der Waals surface area contributed by atoms with Gasteiger partial charge in [-0.2, -0.15) is 0 Å². The van der Waals surface area contributed by atoms with E-state index in [2.05, 4.69) is 81.7 Å². The first-order valence-corrected chi connectivity index (χ1v) is 13.4. The van der Waals surface area contributed by atoms with Crippen LogP contribution >= 0.6 is 0 Å². The average molecular weight is 539 g/mol. The van der Waals surface area contributed by atoms with Crippen LogP contribution in [0.4, 0.5) is 0 Å². The van der Waals surface area contributed by atoms with Crippen molar-refractivity contribution < 1.29 is 37.9 Å². The van der Waals surface area contributed by atoms with E-state index in [4.69, 9.17) is 37.9 Å². The van der Waals surface area contributed by atoms with Crippen molar-refractivity contribution in [2.75, 3.05) is 19.8 Å². The molecule has 0 aromatic rings. The molecule has 8 nitrogen and oxygen atoms in total. The summed E-state index contributed by atoms with van der Waals surface area (Å²) in [5.41, 5.74) is 0. The normalized spacial score (nSPS) is 23.6. The second-order valence-electron chi connectivity index (χ2n) is 10.9. The Morgan fingerprint density at radius 2 is 0.921 bits per heavy atom. The molecule has 0 bridgehead atoms. The zero-order valence-corrected chi connectivity index (χ0v) is 25.0. The number of ether oxygens (including phenoxy) is 8. The van der Waals surface area contributed by atoms with E-state index in [0.717, 1.165) is 17.9 Å². The van der Waals surface area contributed by atoms with Gasteiger partial charge in [0.2, 0.25) is 0 Å². The smallest absolute Gasteiger partial charge is 0.282 e. The number of rotatable bonds is 5. The monoisotopic (exact) mass is 538 g/mol. The number of allylic oxidation sites excluding steroid dienone is 2. The van der Waals surface area contributed by atoms with Gasteiger partial charge in [0.15, 0.2) is 0 Å². The first-order chi connectivity index (χ1) is 17.7. The van der Waals surface area contributed by atoms with Crippen LogP contribution in [0, 0.1) is 23.7 Å². The van der Waals surface area contributed by atoms with Crippen LogP contribution in [0.25, 0.3) is 0 Å². The topological polar surface area (TPSA) is 73.8 Å².